The van der Waals surface area contributed by atoms with Gasteiger partial charge < -0.3 is 15.6 Å². The number of aromatic nitrogens is 1. The molecule has 9 nitrogen and oxygen atoms in total. The minimum atomic E-state index is -0.597. The number of nitrogens with zero attached hydrogens (tertiary/aromatic N) is 2. The van der Waals surface area contributed by atoms with Crippen molar-refractivity contribution >= 4 is 23.2 Å². The van der Waals surface area contributed by atoms with Gasteiger partial charge in [0.05, 0.1) is 11.5 Å². The number of benzene rings is 2. The van der Waals surface area contributed by atoms with Crippen molar-refractivity contribution in [2.45, 2.75) is 6.54 Å². The molecule has 0 saturated heterocycles. The largest absolute Gasteiger partial charge is 0.366 e. The Kier molecular flexibility index (Phi) is 5.49. The van der Waals surface area contributed by atoms with E-state index in [1.54, 1.807) is 18.2 Å². The highest BCUT2D eigenvalue weighted by Gasteiger charge is 2.13. The zero-order valence-electron chi connectivity index (χ0n) is 15.1. The fraction of sp³-hybridized carbons (Fsp3) is 0.0500. The fourth-order valence-corrected chi connectivity index (χ4v) is 2.67. The van der Waals surface area contributed by atoms with E-state index in [4.69, 9.17) is 5.73 Å². The number of amides is 2. The maximum atomic E-state index is 12.7. The van der Waals surface area contributed by atoms with Crippen LogP contribution in [-0.2, 0) is 6.54 Å². The predicted octanol–water partition coefficient (Wildman–Crippen LogP) is 2.16. The number of hydrogen-bond donors (Lipinski definition) is 2. The first-order valence-corrected chi connectivity index (χ1v) is 8.49. The van der Waals surface area contributed by atoms with Gasteiger partial charge in [-0.3, -0.25) is 24.5 Å². The summed E-state index contributed by atoms with van der Waals surface area (Å²) >= 11 is 0. The Morgan fingerprint density at radius 1 is 1.03 bits per heavy atom. The van der Waals surface area contributed by atoms with Crippen LogP contribution >= 0.6 is 0 Å². The summed E-state index contributed by atoms with van der Waals surface area (Å²) in [6, 6.07) is 14.7. The average molecular weight is 392 g/mol. The number of hydrogen-bond acceptors (Lipinski definition) is 5. The van der Waals surface area contributed by atoms with E-state index in [1.807, 2.05) is 0 Å². The molecule has 1 aromatic heterocycles. The Morgan fingerprint density at radius 3 is 2.28 bits per heavy atom. The molecule has 146 valence electrons. The van der Waals surface area contributed by atoms with Crippen LogP contribution in [0.3, 0.4) is 0 Å². The van der Waals surface area contributed by atoms with Crippen LogP contribution in [0.5, 0.6) is 0 Å². The number of nitrogens with one attached hydrogen (secondary N) is 1. The topological polar surface area (TPSA) is 137 Å². The molecule has 2 amide bonds. The maximum Gasteiger partial charge on any atom is 0.269 e. The van der Waals surface area contributed by atoms with Crippen molar-refractivity contribution in [3.05, 3.63) is 104 Å². The van der Waals surface area contributed by atoms with E-state index < -0.39 is 22.3 Å². The smallest absolute Gasteiger partial charge is 0.269 e. The average Bonchev–Trinajstić information content (AvgIpc) is 2.70. The summed E-state index contributed by atoms with van der Waals surface area (Å²) in [7, 11) is 0. The number of pyridine rings is 1. The lowest BCUT2D eigenvalue weighted by atomic mass is 10.2. The maximum absolute atomic E-state index is 12.7. The van der Waals surface area contributed by atoms with Gasteiger partial charge in [-0.05, 0) is 42.0 Å². The second-order valence-electron chi connectivity index (χ2n) is 6.17. The Balaban J connectivity index is 1.78. The molecule has 0 unspecified atom stereocenters. The Morgan fingerprint density at radius 2 is 1.69 bits per heavy atom. The first kappa shape index (κ1) is 19.5. The van der Waals surface area contributed by atoms with Crippen molar-refractivity contribution in [3.8, 4) is 0 Å². The highest BCUT2D eigenvalue weighted by Crippen LogP contribution is 2.13. The van der Waals surface area contributed by atoms with Crippen molar-refractivity contribution < 1.29 is 14.5 Å². The Hall–Kier alpha value is -4.27. The molecule has 0 spiro atoms. The number of carbonyl (C=O) groups excluding carboxylic acids is 2. The summed E-state index contributed by atoms with van der Waals surface area (Å²) in [6.45, 7) is 0.158. The lowest BCUT2D eigenvalue weighted by Gasteiger charge is -2.09. The minimum absolute atomic E-state index is 0.0448. The van der Waals surface area contributed by atoms with Crippen molar-refractivity contribution in [3.63, 3.8) is 0 Å². The second kappa shape index (κ2) is 8.17. The van der Waals surface area contributed by atoms with E-state index in [0.29, 0.717) is 16.8 Å². The van der Waals surface area contributed by atoms with Crippen LogP contribution in [0, 0.1) is 10.1 Å². The lowest BCUT2D eigenvalue weighted by molar-refractivity contribution is -0.384. The first-order valence-electron chi connectivity index (χ1n) is 8.49. The third-order valence-corrected chi connectivity index (χ3v) is 4.19. The molecule has 0 saturated carbocycles. The van der Waals surface area contributed by atoms with E-state index in [9.17, 15) is 24.5 Å². The number of carbonyl (C=O) groups is 2. The molecule has 3 rings (SSSR count). The molecule has 3 N–H and O–H groups in total. The molecule has 0 fully saturated rings. The van der Waals surface area contributed by atoms with Crippen LogP contribution in [-0.4, -0.2) is 21.3 Å². The van der Waals surface area contributed by atoms with Gasteiger partial charge in [-0.25, -0.2) is 0 Å². The van der Waals surface area contributed by atoms with Crippen molar-refractivity contribution in [1.82, 2.24) is 4.57 Å². The summed E-state index contributed by atoms with van der Waals surface area (Å²) < 4.78 is 1.34. The highest BCUT2D eigenvalue weighted by molar-refractivity contribution is 6.04. The molecule has 9 heteroatoms. The van der Waals surface area contributed by atoms with Crippen molar-refractivity contribution in [2.24, 2.45) is 5.73 Å². The molecule has 0 bridgehead atoms. The molecule has 2 aromatic carbocycles. The predicted molar refractivity (Wildman–Crippen MR) is 106 cm³/mol. The second-order valence-corrected chi connectivity index (χ2v) is 6.17. The van der Waals surface area contributed by atoms with Gasteiger partial charge in [0.2, 0.25) is 5.91 Å². The summed E-state index contributed by atoms with van der Waals surface area (Å²) in [5, 5.41) is 13.3. The standard InChI is InChI=1S/C20H16N4O5/c21-18(25)14-5-7-15(8-6-14)22-19(26)17-2-1-11-23(20(17)27)12-13-3-9-16(10-4-13)24(28)29/h1-11H,12H2,(H2,21,25)(H,22,26). The van der Waals surface area contributed by atoms with Crippen LogP contribution < -0.4 is 16.6 Å². The van der Waals surface area contributed by atoms with Gasteiger partial charge >= 0.3 is 0 Å². The Bertz CT molecular complexity index is 1130. The number of rotatable bonds is 6. The zero-order valence-corrected chi connectivity index (χ0v) is 15.1. The quantitative estimate of drug-likeness (QED) is 0.489. The molecular weight excluding hydrogens is 376 g/mol. The third-order valence-electron chi connectivity index (χ3n) is 4.19. The van der Waals surface area contributed by atoms with E-state index in [0.717, 1.165) is 0 Å². The van der Waals surface area contributed by atoms with Gasteiger partial charge in [0.25, 0.3) is 17.2 Å². The highest BCUT2D eigenvalue weighted by atomic mass is 16.6. The number of anilines is 1. The van der Waals surface area contributed by atoms with Crippen LogP contribution in [0.15, 0.2) is 71.7 Å². The number of nitrogens with two attached hydrogens (primary N) is 1. The molecular formula is C20H16N4O5. The number of nitro groups is 1. The van der Waals surface area contributed by atoms with Crippen molar-refractivity contribution in [2.75, 3.05) is 5.32 Å². The van der Waals surface area contributed by atoms with Crippen molar-refractivity contribution in [1.29, 1.82) is 0 Å². The molecule has 3 aromatic rings. The van der Waals surface area contributed by atoms with E-state index in [-0.39, 0.29) is 17.8 Å². The molecule has 0 radical (unpaired) electrons. The number of nitro benzene ring substituents is 1. The van der Waals surface area contributed by atoms with Gasteiger partial charge in [-0.2, -0.15) is 0 Å². The monoisotopic (exact) mass is 392 g/mol. The summed E-state index contributed by atoms with van der Waals surface area (Å²) in [4.78, 5) is 46.5. The van der Waals surface area contributed by atoms with Crippen LogP contribution in [0.25, 0.3) is 0 Å². The van der Waals surface area contributed by atoms with Crippen LogP contribution in [0.2, 0.25) is 0 Å². The normalized spacial score (nSPS) is 10.3. The summed E-state index contributed by atoms with van der Waals surface area (Å²) in [5.41, 5.74) is 5.95. The fourth-order valence-electron chi connectivity index (χ4n) is 2.67. The van der Waals surface area contributed by atoms with E-state index in [1.165, 1.54) is 53.2 Å². The van der Waals surface area contributed by atoms with Gasteiger partial charge in [-0.15, -0.1) is 0 Å². The molecule has 0 aliphatic heterocycles. The van der Waals surface area contributed by atoms with Crippen LogP contribution in [0.1, 0.15) is 26.3 Å². The number of primary amides is 1. The van der Waals surface area contributed by atoms with Gasteiger partial charge in [0.1, 0.15) is 5.56 Å². The molecule has 0 atom stereocenters. The third kappa shape index (κ3) is 4.53. The van der Waals surface area contributed by atoms with E-state index in [2.05, 4.69) is 5.32 Å². The minimum Gasteiger partial charge on any atom is -0.366 e. The van der Waals surface area contributed by atoms with Crippen LogP contribution in [0.4, 0.5) is 11.4 Å². The van der Waals surface area contributed by atoms with Gasteiger partial charge in [0, 0.05) is 29.6 Å². The van der Waals surface area contributed by atoms with Gasteiger partial charge in [-0.1, -0.05) is 12.1 Å². The molecule has 0 aliphatic rings. The summed E-state index contributed by atoms with van der Waals surface area (Å²) in [6.07, 6.45) is 1.53. The molecule has 0 aliphatic carbocycles. The zero-order chi connectivity index (χ0) is 21.0. The molecule has 29 heavy (non-hydrogen) atoms. The Labute approximate surface area is 164 Å². The lowest BCUT2D eigenvalue weighted by Crippen LogP contribution is -2.29. The first-order chi connectivity index (χ1) is 13.8. The SMILES string of the molecule is NC(=O)c1ccc(NC(=O)c2cccn(Cc3ccc([N+](=O)[O-])cc3)c2=O)cc1. The number of non-ortho nitro benzene ring substituents is 1. The molecule has 1 heterocycles. The summed E-state index contributed by atoms with van der Waals surface area (Å²) in [5.74, 6) is -1.18. The van der Waals surface area contributed by atoms with Gasteiger partial charge in [0.15, 0.2) is 0 Å². The van der Waals surface area contributed by atoms with E-state index >= 15 is 0 Å².